The van der Waals surface area contributed by atoms with Gasteiger partial charge in [-0.15, -0.1) is 0 Å². The number of benzene rings is 3. The molecule has 0 aliphatic heterocycles. The lowest BCUT2D eigenvalue weighted by molar-refractivity contribution is 0.0950. The van der Waals surface area contributed by atoms with E-state index in [2.05, 4.69) is 39.4 Å². The molecule has 146 valence electrons. The first-order chi connectivity index (χ1) is 13.6. The van der Waals surface area contributed by atoms with Crippen LogP contribution in [0.1, 0.15) is 36.2 Å². The summed E-state index contributed by atoms with van der Waals surface area (Å²) in [5.74, 6) is 1.05. The van der Waals surface area contributed by atoms with E-state index in [0.29, 0.717) is 41.3 Å². The van der Waals surface area contributed by atoms with Crippen molar-refractivity contribution in [3.63, 3.8) is 0 Å². The summed E-state index contributed by atoms with van der Waals surface area (Å²) < 4.78 is 12.2. The molecule has 3 rings (SSSR count). The second kappa shape index (κ2) is 9.60. The fraction of sp³-hybridized carbons (Fsp3) is 0.261. The van der Waals surface area contributed by atoms with Gasteiger partial charge >= 0.3 is 0 Å². The van der Waals surface area contributed by atoms with Crippen molar-refractivity contribution in [3.8, 4) is 11.5 Å². The van der Waals surface area contributed by atoms with Crippen LogP contribution in [-0.4, -0.2) is 19.1 Å². The molecule has 0 fully saturated rings. The molecule has 0 bridgehead atoms. The standard InChI is InChI=1S/C23H24BrNO3/c1-3-12-28-22-20(24)13-18(14-21(22)27-4-2)23(26)25-15-17-10-7-9-16-8-5-6-11-19(16)17/h5-11,13-14H,3-4,12,15H2,1-2H3,(H,25,26). The highest BCUT2D eigenvalue weighted by atomic mass is 79.9. The van der Waals surface area contributed by atoms with Gasteiger partial charge in [-0.05, 0) is 57.7 Å². The Balaban J connectivity index is 1.80. The number of carbonyl (C=O) groups is 1. The van der Waals surface area contributed by atoms with E-state index < -0.39 is 0 Å². The molecular formula is C23H24BrNO3. The van der Waals surface area contributed by atoms with E-state index in [1.54, 1.807) is 12.1 Å². The van der Waals surface area contributed by atoms with E-state index in [0.717, 1.165) is 22.8 Å². The zero-order valence-electron chi connectivity index (χ0n) is 16.1. The molecule has 0 radical (unpaired) electrons. The molecule has 0 saturated heterocycles. The monoisotopic (exact) mass is 441 g/mol. The Morgan fingerprint density at radius 3 is 2.61 bits per heavy atom. The Kier molecular flexibility index (Phi) is 6.93. The maximum absolute atomic E-state index is 12.8. The summed E-state index contributed by atoms with van der Waals surface area (Å²) in [6, 6.07) is 17.8. The van der Waals surface area contributed by atoms with Crippen molar-refractivity contribution in [2.24, 2.45) is 0 Å². The number of nitrogens with one attached hydrogen (secondary N) is 1. The second-order valence-electron chi connectivity index (χ2n) is 6.39. The highest BCUT2D eigenvalue weighted by molar-refractivity contribution is 9.10. The van der Waals surface area contributed by atoms with Gasteiger partial charge in [0.2, 0.25) is 0 Å². The van der Waals surface area contributed by atoms with Gasteiger partial charge in [-0.25, -0.2) is 0 Å². The summed E-state index contributed by atoms with van der Waals surface area (Å²) in [4.78, 5) is 12.8. The third-order valence-corrected chi connectivity index (χ3v) is 4.93. The number of amides is 1. The summed E-state index contributed by atoms with van der Waals surface area (Å²) in [6.07, 6.45) is 0.894. The molecule has 0 aliphatic rings. The molecule has 1 N–H and O–H groups in total. The van der Waals surface area contributed by atoms with Gasteiger partial charge < -0.3 is 14.8 Å². The fourth-order valence-electron chi connectivity index (χ4n) is 3.03. The lowest BCUT2D eigenvalue weighted by Gasteiger charge is -2.15. The van der Waals surface area contributed by atoms with E-state index >= 15 is 0 Å². The zero-order valence-corrected chi connectivity index (χ0v) is 17.7. The Hall–Kier alpha value is -2.53. The summed E-state index contributed by atoms with van der Waals surface area (Å²) in [6.45, 7) is 5.49. The molecule has 1 amide bonds. The minimum Gasteiger partial charge on any atom is -0.490 e. The number of fused-ring (bicyclic) bond motifs is 1. The molecule has 0 aliphatic carbocycles. The van der Waals surface area contributed by atoms with Gasteiger partial charge in [0, 0.05) is 12.1 Å². The average molecular weight is 442 g/mol. The highest BCUT2D eigenvalue weighted by Gasteiger charge is 2.16. The van der Waals surface area contributed by atoms with Crippen molar-refractivity contribution < 1.29 is 14.3 Å². The molecule has 5 heteroatoms. The van der Waals surface area contributed by atoms with Gasteiger partial charge in [-0.3, -0.25) is 4.79 Å². The van der Waals surface area contributed by atoms with Gasteiger partial charge in [-0.1, -0.05) is 49.4 Å². The first-order valence-electron chi connectivity index (χ1n) is 9.48. The predicted molar refractivity (Wildman–Crippen MR) is 116 cm³/mol. The van der Waals surface area contributed by atoms with Gasteiger partial charge in [0.1, 0.15) is 0 Å². The third-order valence-electron chi connectivity index (χ3n) is 4.34. The Morgan fingerprint density at radius 1 is 1.04 bits per heavy atom. The van der Waals surface area contributed by atoms with E-state index in [1.807, 2.05) is 38.1 Å². The largest absolute Gasteiger partial charge is 0.490 e. The predicted octanol–water partition coefficient (Wildman–Crippen LogP) is 5.72. The normalized spacial score (nSPS) is 10.7. The first kappa shape index (κ1) is 20.2. The maximum atomic E-state index is 12.8. The van der Waals surface area contributed by atoms with Gasteiger partial charge in [0.05, 0.1) is 17.7 Å². The Morgan fingerprint density at radius 2 is 1.82 bits per heavy atom. The molecule has 4 nitrogen and oxygen atoms in total. The summed E-state index contributed by atoms with van der Waals surface area (Å²) in [5, 5.41) is 5.31. The topological polar surface area (TPSA) is 47.6 Å². The van der Waals surface area contributed by atoms with E-state index in [1.165, 1.54) is 0 Å². The molecule has 3 aromatic carbocycles. The van der Waals surface area contributed by atoms with Crippen molar-refractivity contribution in [2.45, 2.75) is 26.8 Å². The van der Waals surface area contributed by atoms with E-state index in [-0.39, 0.29) is 5.91 Å². The Labute approximate surface area is 174 Å². The number of carbonyl (C=O) groups excluding carboxylic acids is 1. The van der Waals surface area contributed by atoms with E-state index in [9.17, 15) is 4.79 Å². The van der Waals surface area contributed by atoms with Crippen molar-refractivity contribution in [3.05, 3.63) is 70.2 Å². The van der Waals surface area contributed by atoms with Crippen molar-refractivity contribution in [1.29, 1.82) is 0 Å². The molecule has 0 aromatic heterocycles. The summed E-state index contributed by atoms with van der Waals surface area (Å²) in [7, 11) is 0. The van der Waals surface area contributed by atoms with Gasteiger partial charge in [0.15, 0.2) is 11.5 Å². The van der Waals surface area contributed by atoms with Crippen LogP contribution in [0, 0.1) is 0 Å². The fourth-order valence-corrected chi connectivity index (χ4v) is 3.59. The number of rotatable bonds is 8. The second-order valence-corrected chi connectivity index (χ2v) is 7.24. The molecule has 0 spiro atoms. The van der Waals surface area contributed by atoms with E-state index in [4.69, 9.17) is 9.47 Å². The average Bonchev–Trinajstić information content (AvgIpc) is 2.71. The minimum absolute atomic E-state index is 0.156. The SMILES string of the molecule is CCCOc1c(Br)cc(C(=O)NCc2cccc3ccccc23)cc1OCC. The number of halogens is 1. The molecular weight excluding hydrogens is 418 g/mol. The van der Waals surface area contributed by atoms with Crippen LogP contribution in [0.15, 0.2) is 59.1 Å². The lowest BCUT2D eigenvalue weighted by atomic mass is 10.0. The Bertz CT molecular complexity index is 966. The number of hydrogen-bond acceptors (Lipinski definition) is 3. The van der Waals surface area contributed by atoms with Crippen LogP contribution in [0.3, 0.4) is 0 Å². The highest BCUT2D eigenvalue weighted by Crippen LogP contribution is 2.37. The van der Waals surface area contributed by atoms with Crippen LogP contribution in [0.4, 0.5) is 0 Å². The van der Waals surface area contributed by atoms with Crippen LogP contribution in [-0.2, 0) is 6.54 Å². The van der Waals surface area contributed by atoms with Crippen LogP contribution in [0.2, 0.25) is 0 Å². The quantitative estimate of drug-likeness (QED) is 0.486. The van der Waals surface area contributed by atoms with Crippen LogP contribution >= 0.6 is 15.9 Å². The first-order valence-corrected chi connectivity index (χ1v) is 10.3. The van der Waals surface area contributed by atoms with Crippen molar-refractivity contribution >= 4 is 32.6 Å². The number of hydrogen-bond donors (Lipinski definition) is 1. The smallest absolute Gasteiger partial charge is 0.251 e. The maximum Gasteiger partial charge on any atom is 0.251 e. The summed E-state index contributed by atoms with van der Waals surface area (Å²) in [5.41, 5.74) is 1.61. The molecule has 0 unspecified atom stereocenters. The van der Waals surface area contributed by atoms with Gasteiger partial charge in [0.25, 0.3) is 5.91 Å². The lowest BCUT2D eigenvalue weighted by Crippen LogP contribution is -2.23. The number of ether oxygens (including phenoxy) is 2. The van der Waals surface area contributed by atoms with Crippen LogP contribution in [0.25, 0.3) is 10.8 Å². The van der Waals surface area contributed by atoms with Gasteiger partial charge in [-0.2, -0.15) is 0 Å². The van der Waals surface area contributed by atoms with Crippen molar-refractivity contribution in [2.75, 3.05) is 13.2 Å². The molecule has 0 heterocycles. The third kappa shape index (κ3) is 4.65. The molecule has 28 heavy (non-hydrogen) atoms. The van der Waals surface area contributed by atoms with Crippen molar-refractivity contribution in [1.82, 2.24) is 5.32 Å². The minimum atomic E-state index is -0.156. The zero-order chi connectivity index (χ0) is 19.9. The summed E-state index contributed by atoms with van der Waals surface area (Å²) >= 11 is 3.51. The molecule has 3 aromatic rings. The molecule has 0 atom stereocenters. The molecule has 0 saturated carbocycles. The van der Waals surface area contributed by atoms with Crippen LogP contribution < -0.4 is 14.8 Å². The van der Waals surface area contributed by atoms with Crippen LogP contribution in [0.5, 0.6) is 11.5 Å².